The molecule has 4 nitrogen and oxygen atoms in total. The molecule has 3 aromatic rings. The summed E-state index contributed by atoms with van der Waals surface area (Å²) < 4.78 is 0. The third kappa shape index (κ3) is 4.53. The van der Waals surface area contributed by atoms with Gasteiger partial charge in [-0.3, -0.25) is 9.59 Å². The van der Waals surface area contributed by atoms with Crippen molar-refractivity contribution in [2.24, 2.45) is 0 Å². The monoisotopic (exact) mass is 439 g/mol. The number of benzene rings is 3. The lowest BCUT2D eigenvalue weighted by Crippen LogP contribution is -2.42. The quantitative estimate of drug-likeness (QED) is 0.516. The molecule has 3 aromatic carbocycles. The lowest BCUT2D eigenvalue weighted by atomic mass is 9.85. The van der Waals surface area contributed by atoms with Gasteiger partial charge in [0.15, 0.2) is 11.4 Å². The Morgan fingerprint density at radius 3 is 2.24 bits per heavy atom. The first-order valence-corrected chi connectivity index (χ1v) is 11.2. The Balaban J connectivity index is 1.57. The van der Waals surface area contributed by atoms with Crippen molar-refractivity contribution in [1.29, 1.82) is 0 Å². The van der Waals surface area contributed by atoms with Crippen LogP contribution in [-0.4, -0.2) is 23.3 Å². The van der Waals surface area contributed by atoms with Crippen LogP contribution >= 0.6 is 0 Å². The fourth-order valence-corrected chi connectivity index (χ4v) is 4.21. The van der Waals surface area contributed by atoms with Crippen molar-refractivity contribution in [2.75, 3.05) is 11.4 Å². The van der Waals surface area contributed by atoms with Crippen LogP contribution in [0.15, 0.2) is 84.9 Å². The van der Waals surface area contributed by atoms with Gasteiger partial charge in [-0.2, -0.15) is 0 Å². The van der Waals surface area contributed by atoms with Crippen molar-refractivity contribution in [2.45, 2.75) is 38.2 Å². The van der Waals surface area contributed by atoms with Gasteiger partial charge in [0.2, 0.25) is 0 Å². The van der Waals surface area contributed by atoms with E-state index in [0.717, 1.165) is 11.1 Å². The number of hydrogen-bond donors (Lipinski definition) is 1. The molecule has 1 aliphatic rings. The number of hydrogen-bond acceptors (Lipinski definition) is 3. The van der Waals surface area contributed by atoms with E-state index in [1.807, 2.05) is 66.7 Å². The maximum Gasteiger partial charge on any atom is 0.264 e. The van der Waals surface area contributed by atoms with Crippen LogP contribution in [-0.2, 0) is 15.8 Å². The Bertz CT molecular complexity index is 1190. The molecule has 1 heterocycles. The Hall–Kier alpha value is -3.50. The summed E-state index contributed by atoms with van der Waals surface area (Å²) in [6.45, 7) is 6.64. The van der Waals surface area contributed by atoms with E-state index >= 15 is 0 Å². The highest BCUT2D eigenvalue weighted by Gasteiger charge is 2.50. The topological polar surface area (TPSA) is 57.6 Å². The number of carbonyl (C=O) groups is 2. The molecule has 4 rings (SSSR count). The fraction of sp³-hybridized carbons (Fsp3) is 0.241. The smallest absolute Gasteiger partial charge is 0.264 e. The number of carbonyl (C=O) groups excluding carboxylic acids is 2. The second kappa shape index (κ2) is 8.80. The van der Waals surface area contributed by atoms with Gasteiger partial charge in [0.25, 0.3) is 5.91 Å². The molecule has 0 spiro atoms. The van der Waals surface area contributed by atoms with E-state index in [1.54, 1.807) is 29.2 Å². The fourth-order valence-electron chi connectivity index (χ4n) is 4.21. The molecular weight excluding hydrogens is 410 g/mol. The molecule has 1 N–H and O–H groups in total. The molecule has 33 heavy (non-hydrogen) atoms. The average molecular weight is 440 g/mol. The molecule has 168 valence electrons. The summed E-state index contributed by atoms with van der Waals surface area (Å²) in [5.41, 5.74) is 1.86. The van der Waals surface area contributed by atoms with Crippen LogP contribution in [0.2, 0.25) is 0 Å². The first-order chi connectivity index (χ1) is 15.7. The minimum Gasteiger partial charge on any atom is -0.375 e. The first-order valence-electron chi connectivity index (χ1n) is 11.2. The molecule has 4 heteroatoms. The van der Waals surface area contributed by atoms with Crippen molar-refractivity contribution in [3.63, 3.8) is 0 Å². The summed E-state index contributed by atoms with van der Waals surface area (Å²) >= 11 is 0. The van der Waals surface area contributed by atoms with E-state index in [-0.39, 0.29) is 17.6 Å². The van der Waals surface area contributed by atoms with E-state index in [4.69, 9.17) is 0 Å². The Kier molecular flexibility index (Phi) is 6.05. The minimum absolute atomic E-state index is 0.0199. The molecule has 1 aliphatic heterocycles. The van der Waals surface area contributed by atoms with E-state index < -0.39 is 11.5 Å². The van der Waals surface area contributed by atoms with Crippen LogP contribution in [0.1, 0.15) is 54.2 Å². The second-order valence-electron chi connectivity index (χ2n) is 9.53. The van der Waals surface area contributed by atoms with Gasteiger partial charge in [0.1, 0.15) is 0 Å². The molecule has 0 fully saturated rings. The number of Topliss-reactive ketones (excluding diaryl/α,β-unsaturated/α-hetero) is 1. The maximum atomic E-state index is 13.4. The first kappa shape index (κ1) is 22.7. The molecule has 0 saturated carbocycles. The van der Waals surface area contributed by atoms with Crippen LogP contribution < -0.4 is 4.90 Å². The van der Waals surface area contributed by atoms with Crippen LogP contribution in [0.5, 0.6) is 0 Å². The molecular formula is C29H29NO3. The number of amides is 1. The normalized spacial score (nSPS) is 18.1. The van der Waals surface area contributed by atoms with Crippen LogP contribution in [0.4, 0.5) is 5.69 Å². The predicted molar refractivity (Wildman–Crippen MR) is 132 cm³/mol. The number of para-hydroxylation sites is 1. The second-order valence-corrected chi connectivity index (χ2v) is 9.53. The van der Waals surface area contributed by atoms with E-state index in [9.17, 15) is 14.7 Å². The van der Waals surface area contributed by atoms with Crippen molar-refractivity contribution in [3.8, 4) is 0 Å². The Morgan fingerprint density at radius 2 is 1.58 bits per heavy atom. The van der Waals surface area contributed by atoms with Crippen LogP contribution in [0.25, 0.3) is 6.08 Å². The summed E-state index contributed by atoms with van der Waals surface area (Å²) in [6, 6.07) is 24.4. The van der Waals surface area contributed by atoms with Gasteiger partial charge >= 0.3 is 0 Å². The highest BCUT2D eigenvalue weighted by atomic mass is 16.3. The summed E-state index contributed by atoms with van der Waals surface area (Å²) in [5.74, 6) is -0.733. The van der Waals surface area contributed by atoms with E-state index in [2.05, 4.69) is 20.8 Å². The Morgan fingerprint density at radius 1 is 0.939 bits per heavy atom. The summed E-state index contributed by atoms with van der Waals surface area (Å²) in [7, 11) is 0. The number of aliphatic hydroxyl groups is 1. The predicted octanol–water partition coefficient (Wildman–Crippen LogP) is 5.50. The van der Waals surface area contributed by atoms with Gasteiger partial charge in [-0.15, -0.1) is 0 Å². The molecule has 1 unspecified atom stereocenters. The summed E-state index contributed by atoms with van der Waals surface area (Å²) in [6.07, 6.45) is 3.54. The molecule has 1 atom stereocenters. The molecule has 0 bridgehead atoms. The van der Waals surface area contributed by atoms with Gasteiger partial charge in [-0.05, 0) is 22.6 Å². The third-order valence-corrected chi connectivity index (χ3v) is 6.13. The maximum absolute atomic E-state index is 13.4. The number of fused-ring (bicyclic) bond motifs is 1. The molecule has 1 amide bonds. The minimum atomic E-state index is -1.88. The zero-order valence-electron chi connectivity index (χ0n) is 19.3. The lowest BCUT2D eigenvalue weighted by molar-refractivity contribution is -0.135. The van der Waals surface area contributed by atoms with E-state index in [1.165, 1.54) is 0 Å². The van der Waals surface area contributed by atoms with Gasteiger partial charge in [0.05, 0.1) is 12.1 Å². The van der Waals surface area contributed by atoms with Crippen LogP contribution in [0, 0.1) is 0 Å². The molecule has 0 aliphatic carbocycles. The molecule has 0 radical (unpaired) electrons. The van der Waals surface area contributed by atoms with E-state index in [0.29, 0.717) is 23.4 Å². The standard InChI is InChI=1S/C29H29NO3/c1-28(2,3)23-17-15-22(16-18-23)26(31)20-29(33)24-13-7-8-14-25(24)30(27(29)32)19-9-12-21-10-5-4-6-11-21/h4-18,33H,19-20H2,1-3H3. The molecule has 0 aromatic heterocycles. The van der Waals surface area contributed by atoms with Crippen molar-refractivity contribution < 1.29 is 14.7 Å². The zero-order chi connectivity index (χ0) is 23.6. The zero-order valence-corrected chi connectivity index (χ0v) is 19.3. The lowest BCUT2D eigenvalue weighted by Gasteiger charge is -2.23. The van der Waals surface area contributed by atoms with Crippen molar-refractivity contribution in [3.05, 3.63) is 107 Å². The summed E-state index contributed by atoms with van der Waals surface area (Å²) in [5, 5.41) is 11.5. The average Bonchev–Trinajstić information content (AvgIpc) is 3.01. The van der Waals surface area contributed by atoms with Crippen molar-refractivity contribution in [1.82, 2.24) is 0 Å². The van der Waals surface area contributed by atoms with Gasteiger partial charge in [-0.25, -0.2) is 0 Å². The largest absolute Gasteiger partial charge is 0.375 e. The molecule has 0 saturated heterocycles. The highest BCUT2D eigenvalue weighted by Crippen LogP contribution is 2.42. The van der Waals surface area contributed by atoms with Crippen LogP contribution in [0.3, 0.4) is 0 Å². The summed E-state index contributed by atoms with van der Waals surface area (Å²) in [4.78, 5) is 28.0. The van der Waals surface area contributed by atoms with Gasteiger partial charge in [-0.1, -0.05) is 106 Å². The highest BCUT2D eigenvalue weighted by molar-refractivity contribution is 6.11. The number of anilines is 1. The number of nitrogens with zero attached hydrogens (tertiary/aromatic N) is 1. The third-order valence-electron chi connectivity index (χ3n) is 6.13. The van der Waals surface area contributed by atoms with Crippen molar-refractivity contribution >= 4 is 23.5 Å². The Labute approximate surface area is 195 Å². The van der Waals surface area contributed by atoms with Gasteiger partial charge in [0, 0.05) is 17.7 Å². The SMILES string of the molecule is CC(C)(C)c1ccc(C(=O)CC2(O)C(=O)N(CC=Cc3ccccc3)c3ccccc32)cc1. The number of rotatable bonds is 6. The number of ketones is 1. The van der Waals surface area contributed by atoms with Gasteiger partial charge < -0.3 is 10.0 Å².